The number of nitrogens with zero attached hydrogens (tertiary/aromatic N) is 3. The van der Waals surface area contributed by atoms with Crippen LogP contribution < -0.4 is 5.32 Å². The van der Waals surface area contributed by atoms with Crippen LogP contribution in [0.4, 0.5) is 4.39 Å². The molecule has 0 aliphatic rings. The van der Waals surface area contributed by atoms with Gasteiger partial charge in [-0.2, -0.15) is 0 Å². The summed E-state index contributed by atoms with van der Waals surface area (Å²) < 4.78 is 15.9. The van der Waals surface area contributed by atoms with E-state index >= 15 is 0 Å². The average molecular weight is 399 g/mol. The van der Waals surface area contributed by atoms with Crippen LogP contribution in [0.2, 0.25) is 5.02 Å². The number of amides is 1. The first-order valence-corrected chi connectivity index (χ1v) is 10.2. The van der Waals surface area contributed by atoms with Crippen molar-refractivity contribution >= 4 is 29.3 Å². The van der Waals surface area contributed by atoms with Crippen LogP contribution in [-0.2, 0) is 24.2 Å². The van der Waals surface area contributed by atoms with Gasteiger partial charge in [0.15, 0.2) is 5.16 Å². The average Bonchev–Trinajstić information content (AvgIpc) is 2.96. The third-order valence-corrected chi connectivity index (χ3v) is 4.84. The first-order valence-electron chi connectivity index (χ1n) is 8.58. The number of thioether (sulfide) groups is 1. The highest BCUT2D eigenvalue weighted by Gasteiger charge is 2.14. The van der Waals surface area contributed by atoms with Crippen LogP contribution in [-0.4, -0.2) is 33.5 Å². The third kappa shape index (κ3) is 5.71. The van der Waals surface area contributed by atoms with Crippen molar-refractivity contribution in [2.45, 2.75) is 44.8 Å². The standard InChI is InChI=1S/C18H24ClFN4OS/c1-12(2)11-24-16(22-23-18(24)26-3)8-5-9-21-17(25)10-13-14(19)6-4-7-15(13)20/h4,6-7,12H,5,8-11H2,1-3H3,(H,21,25). The van der Waals surface area contributed by atoms with E-state index in [0.29, 0.717) is 12.5 Å². The zero-order valence-corrected chi connectivity index (χ0v) is 16.8. The maximum Gasteiger partial charge on any atom is 0.224 e. The lowest BCUT2D eigenvalue weighted by Gasteiger charge is -2.12. The highest BCUT2D eigenvalue weighted by Crippen LogP contribution is 2.19. The molecule has 2 rings (SSSR count). The number of rotatable bonds is 9. The van der Waals surface area contributed by atoms with E-state index in [9.17, 15) is 9.18 Å². The Morgan fingerprint density at radius 3 is 2.81 bits per heavy atom. The molecular formula is C18H24ClFN4OS. The summed E-state index contributed by atoms with van der Waals surface area (Å²) in [6.07, 6.45) is 3.38. The largest absolute Gasteiger partial charge is 0.356 e. The second-order valence-electron chi connectivity index (χ2n) is 6.44. The van der Waals surface area contributed by atoms with Crippen molar-refractivity contribution in [3.63, 3.8) is 0 Å². The van der Waals surface area contributed by atoms with Gasteiger partial charge < -0.3 is 9.88 Å². The number of nitrogens with one attached hydrogen (secondary N) is 1. The lowest BCUT2D eigenvalue weighted by Crippen LogP contribution is -2.27. The molecule has 2 aromatic rings. The SMILES string of the molecule is CSc1nnc(CCCNC(=O)Cc2c(F)cccc2Cl)n1CC(C)C. The molecule has 142 valence electrons. The van der Waals surface area contributed by atoms with Crippen molar-refractivity contribution < 1.29 is 9.18 Å². The van der Waals surface area contributed by atoms with Crippen molar-refractivity contribution in [3.8, 4) is 0 Å². The minimum atomic E-state index is -0.459. The molecule has 0 unspecified atom stereocenters. The van der Waals surface area contributed by atoms with Gasteiger partial charge in [-0.15, -0.1) is 10.2 Å². The van der Waals surface area contributed by atoms with Gasteiger partial charge in [0.1, 0.15) is 11.6 Å². The van der Waals surface area contributed by atoms with E-state index in [0.717, 1.165) is 30.4 Å². The number of aryl methyl sites for hydroxylation is 1. The Balaban J connectivity index is 1.83. The van der Waals surface area contributed by atoms with Gasteiger partial charge in [0.2, 0.25) is 5.91 Å². The first kappa shape index (κ1) is 20.7. The Bertz CT molecular complexity index is 731. The molecular weight excluding hydrogens is 375 g/mol. The zero-order chi connectivity index (χ0) is 19.1. The van der Waals surface area contributed by atoms with Gasteiger partial charge in [0.05, 0.1) is 6.42 Å². The molecule has 0 aliphatic carbocycles. The Labute approximate surface area is 162 Å². The lowest BCUT2D eigenvalue weighted by atomic mass is 10.1. The van der Waals surface area contributed by atoms with Crippen LogP contribution in [0.1, 0.15) is 31.7 Å². The number of aromatic nitrogens is 3. The fourth-order valence-corrected chi connectivity index (χ4v) is 3.35. The van der Waals surface area contributed by atoms with Gasteiger partial charge in [-0.3, -0.25) is 4.79 Å². The second-order valence-corrected chi connectivity index (χ2v) is 7.62. The summed E-state index contributed by atoms with van der Waals surface area (Å²) in [4.78, 5) is 12.0. The molecule has 1 amide bonds. The van der Waals surface area contributed by atoms with E-state index in [1.165, 1.54) is 12.1 Å². The topological polar surface area (TPSA) is 59.8 Å². The van der Waals surface area contributed by atoms with Crippen LogP contribution in [0.3, 0.4) is 0 Å². The van der Waals surface area contributed by atoms with E-state index in [2.05, 4.69) is 33.9 Å². The number of carbonyl (C=O) groups excluding carboxylic acids is 1. The van der Waals surface area contributed by atoms with Gasteiger partial charge in [0, 0.05) is 30.1 Å². The van der Waals surface area contributed by atoms with Crippen molar-refractivity contribution in [3.05, 3.63) is 40.4 Å². The van der Waals surface area contributed by atoms with Crippen LogP contribution in [0.5, 0.6) is 0 Å². The predicted molar refractivity (Wildman–Crippen MR) is 103 cm³/mol. The summed E-state index contributed by atoms with van der Waals surface area (Å²) in [6.45, 7) is 5.68. The number of halogens is 2. The van der Waals surface area contributed by atoms with E-state index in [1.807, 2.05) is 6.26 Å². The maximum absolute atomic E-state index is 13.7. The van der Waals surface area contributed by atoms with Crippen LogP contribution in [0, 0.1) is 11.7 Å². The van der Waals surface area contributed by atoms with Crippen molar-refractivity contribution in [1.29, 1.82) is 0 Å². The molecule has 0 fully saturated rings. The van der Waals surface area contributed by atoms with Crippen LogP contribution in [0.15, 0.2) is 23.4 Å². The molecule has 0 spiro atoms. The number of hydrogen-bond donors (Lipinski definition) is 1. The summed E-state index contributed by atoms with van der Waals surface area (Å²) in [5.41, 5.74) is 0.230. The van der Waals surface area contributed by atoms with Crippen molar-refractivity contribution in [2.24, 2.45) is 5.92 Å². The number of carbonyl (C=O) groups is 1. The van der Waals surface area contributed by atoms with Crippen molar-refractivity contribution in [2.75, 3.05) is 12.8 Å². The van der Waals surface area contributed by atoms with Crippen molar-refractivity contribution in [1.82, 2.24) is 20.1 Å². The smallest absolute Gasteiger partial charge is 0.224 e. The minimum Gasteiger partial charge on any atom is -0.356 e. The molecule has 0 saturated carbocycles. The van der Waals surface area contributed by atoms with Crippen LogP contribution in [0.25, 0.3) is 0 Å². The minimum absolute atomic E-state index is 0.0638. The first-order chi connectivity index (χ1) is 12.4. The second kappa shape index (κ2) is 9.92. The molecule has 0 aliphatic heterocycles. The summed E-state index contributed by atoms with van der Waals surface area (Å²) >= 11 is 7.53. The molecule has 8 heteroatoms. The lowest BCUT2D eigenvalue weighted by molar-refractivity contribution is -0.120. The predicted octanol–water partition coefficient (Wildman–Crippen LogP) is 3.74. The summed E-state index contributed by atoms with van der Waals surface area (Å²) in [6, 6.07) is 4.41. The molecule has 0 bridgehead atoms. The fraction of sp³-hybridized carbons (Fsp3) is 0.500. The summed E-state index contributed by atoms with van der Waals surface area (Å²) in [5, 5.41) is 12.5. The molecule has 0 saturated heterocycles. The summed E-state index contributed by atoms with van der Waals surface area (Å²) in [5.74, 6) is 0.722. The van der Waals surface area contributed by atoms with Gasteiger partial charge in [-0.25, -0.2) is 4.39 Å². The molecule has 5 nitrogen and oxygen atoms in total. The van der Waals surface area contributed by atoms with Gasteiger partial charge in [-0.05, 0) is 30.7 Å². The summed E-state index contributed by atoms with van der Waals surface area (Å²) in [7, 11) is 0. The monoisotopic (exact) mass is 398 g/mol. The van der Waals surface area contributed by atoms with E-state index in [-0.39, 0.29) is 22.9 Å². The van der Waals surface area contributed by atoms with Gasteiger partial charge in [-0.1, -0.05) is 43.3 Å². The normalized spacial score (nSPS) is 11.2. The molecule has 0 radical (unpaired) electrons. The molecule has 1 heterocycles. The quantitative estimate of drug-likeness (QED) is 0.516. The molecule has 0 atom stereocenters. The van der Waals surface area contributed by atoms with Crippen LogP contribution >= 0.6 is 23.4 Å². The number of benzene rings is 1. The number of hydrogen-bond acceptors (Lipinski definition) is 4. The Morgan fingerprint density at radius 1 is 1.38 bits per heavy atom. The Morgan fingerprint density at radius 2 is 2.15 bits per heavy atom. The molecule has 1 aromatic heterocycles. The Kier molecular flexibility index (Phi) is 7.90. The third-order valence-electron chi connectivity index (χ3n) is 3.82. The Hall–Kier alpha value is -1.60. The zero-order valence-electron chi connectivity index (χ0n) is 15.3. The van der Waals surface area contributed by atoms with E-state index in [1.54, 1.807) is 17.8 Å². The fourth-order valence-electron chi connectivity index (χ4n) is 2.60. The molecule has 1 N–H and O–H groups in total. The maximum atomic E-state index is 13.7. The highest BCUT2D eigenvalue weighted by molar-refractivity contribution is 7.98. The molecule has 26 heavy (non-hydrogen) atoms. The van der Waals surface area contributed by atoms with E-state index < -0.39 is 5.82 Å². The van der Waals surface area contributed by atoms with Gasteiger partial charge >= 0.3 is 0 Å². The molecule has 1 aromatic carbocycles. The highest BCUT2D eigenvalue weighted by atomic mass is 35.5. The van der Waals surface area contributed by atoms with Gasteiger partial charge in [0.25, 0.3) is 0 Å². The van der Waals surface area contributed by atoms with E-state index in [4.69, 9.17) is 11.6 Å².